The molecule has 1 saturated heterocycles. The summed E-state index contributed by atoms with van der Waals surface area (Å²) in [5.41, 5.74) is 3.53. The maximum atomic E-state index is 13.7. The van der Waals surface area contributed by atoms with Crippen LogP contribution in [0.25, 0.3) is 5.70 Å². The number of benzene rings is 2. The maximum Gasteiger partial charge on any atom is 0.250 e. The normalized spacial score (nSPS) is 14.6. The molecule has 9 heteroatoms. The summed E-state index contributed by atoms with van der Waals surface area (Å²) < 4.78 is 24.6. The predicted molar refractivity (Wildman–Crippen MR) is 131 cm³/mol. The molecule has 2 aromatic carbocycles. The minimum Gasteiger partial charge on any atom is -0.493 e. The first kappa shape index (κ1) is 24.3. The molecule has 0 aromatic heterocycles. The largest absolute Gasteiger partial charge is 0.493 e. The summed E-state index contributed by atoms with van der Waals surface area (Å²) in [5.74, 6) is 6.19. The summed E-state index contributed by atoms with van der Waals surface area (Å²) in [7, 11) is 3.07. The van der Waals surface area contributed by atoms with Crippen molar-refractivity contribution >= 4 is 23.2 Å². The fourth-order valence-corrected chi connectivity index (χ4v) is 4.48. The Labute approximate surface area is 203 Å². The number of carbonyl (C=O) groups is 2. The van der Waals surface area contributed by atoms with Gasteiger partial charge in [0.2, 0.25) is 5.91 Å². The average Bonchev–Trinajstić information content (AvgIpc) is 3.50. The quantitative estimate of drug-likeness (QED) is 0.260. The summed E-state index contributed by atoms with van der Waals surface area (Å²) in [6, 6.07) is 9.57. The second-order valence-electron chi connectivity index (χ2n) is 8.51. The number of hydrazine groups is 1. The number of methoxy groups -OCH3 is 2. The topological polar surface area (TPSA) is 97.1 Å². The van der Waals surface area contributed by atoms with Gasteiger partial charge in [0.05, 0.1) is 19.9 Å². The van der Waals surface area contributed by atoms with Crippen LogP contribution >= 0.6 is 0 Å². The van der Waals surface area contributed by atoms with Gasteiger partial charge in [-0.1, -0.05) is 12.6 Å². The van der Waals surface area contributed by atoms with Crippen LogP contribution in [0.4, 0.5) is 10.1 Å². The molecule has 8 nitrogen and oxygen atoms in total. The molecule has 0 bridgehead atoms. The first-order valence-electron chi connectivity index (χ1n) is 11.4. The van der Waals surface area contributed by atoms with E-state index in [2.05, 4.69) is 11.9 Å². The molecule has 3 N–H and O–H groups in total. The third-order valence-electron chi connectivity index (χ3n) is 6.27. The summed E-state index contributed by atoms with van der Waals surface area (Å²) >= 11 is 0. The van der Waals surface area contributed by atoms with Gasteiger partial charge in [-0.25, -0.2) is 15.2 Å². The molecule has 4 rings (SSSR count). The minimum atomic E-state index is -0.532. The Morgan fingerprint density at radius 2 is 1.83 bits per heavy atom. The second-order valence-corrected chi connectivity index (χ2v) is 8.51. The van der Waals surface area contributed by atoms with Gasteiger partial charge in [0, 0.05) is 42.0 Å². The number of nitrogens with zero attached hydrogens (tertiary/aromatic N) is 2. The first-order valence-corrected chi connectivity index (χ1v) is 11.4. The molecule has 1 aliphatic carbocycles. The lowest BCUT2D eigenvalue weighted by Gasteiger charge is -2.23. The van der Waals surface area contributed by atoms with Crippen molar-refractivity contribution in [2.45, 2.75) is 25.7 Å². The Hall–Kier alpha value is -3.85. The van der Waals surface area contributed by atoms with Crippen LogP contribution in [0, 0.1) is 5.82 Å². The number of anilines is 1. The van der Waals surface area contributed by atoms with Gasteiger partial charge >= 0.3 is 0 Å². The highest BCUT2D eigenvalue weighted by Crippen LogP contribution is 2.43. The van der Waals surface area contributed by atoms with Crippen LogP contribution < -0.4 is 20.6 Å². The van der Waals surface area contributed by atoms with E-state index in [0.717, 1.165) is 23.4 Å². The highest BCUT2D eigenvalue weighted by atomic mass is 19.1. The molecular weight excluding hydrogens is 451 g/mol. The van der Waals surface area contributed by atoms with E-state index in [1.807, 2.05) is 6.07 Å². The number of hydrogen-bond donors (Lipinski definition) is 2. The molecular formula is C26H29FN4O4. The Morgan fingerprint density at radius 1 is 1.14 bits per heavy atom. The standard InChI is InChI=1S/C26H29FN4O4/c1-16(29-19-8-6-7-18(27)13-19)20-11-17-12-22(34-2)23(35-3)14-21(17)26(20)31(28)25(33)15-24(32)30-9-4-5-10-30/h6-8,12-14,29H,1,4-5,9-11,15,28H2,2-3H3. The van der Waals surface area contributed by atoms with Crippen molar-refractivity contribution in [3.8, 4) is 11.5 Å². The third kappa shape index (κ3) is 5.00. The Balaban J connectivity index is 1.69. The van der Waals surface area contributed by atoms with E-state index in [0.29, 0.717) is 59.2 Å². The molecule has 1 heterocycles. The number of amides is 2. The zero-order chi connectivity index (χ0) is 25.1. The third-order valence-corrected chi connectivity index (χ3v) is 6.27. The maximum absolute atomic E-state index is 13.7. The number of allylic oxidation sites excluding steroid dienone is 1. The lowest BCUT2D eigenvalue weighted by atomic mass is 10.1. The number of rotatable bonds is 8. The lowest BCUT2D eigenvalue weighted by Crippen LogP contribution is -2.40. The average molecular weight is 481 g/mol. The van der Waals surface area contributed by atoms with Crippen LogP contribution in [-0.2, 0) is 16.0 Å². The summed E-state index contributed by atoms with van der Waals surface area (Å²) in [4.78, 5) is 27.4. The number of ether oxygens (including phenoxy) is 2. The van der Waals surface area contributed by atoms with E-state index in [4.69, 9.17) is 15.3 Å². The van der Waals surface area contributed by atoms with E-state index in [1.54, 1.807) is 30.2 Å². The van der Waals surface area contributed by atoms with Crippen molar-refractivity contribution in [2.24, 2.45) is 5.84 Å². The molecule has 2 aromatic rings. The highest BCUT2D eigenvalue weighted by molar-refractivity contribution is 6.01. The molecule has 1 aliphatic heterocycles. The van der Waals surface area contributed by atoms with Gasteiger partial charge in [-0.3, -0.25) is 9.59 Å². The lowest BCUT2D eigenvalue weighted by molar-refractivity contribution is -0.138. The van der Waals surface area contributed by atoms with Crippen LogP contribution in [-0.4, -0.2) is 49.0 Å². The van der Waals surface area contributed by atoms with Crippen LogP contribution in [0.1, 0.15) is 30.4 Å². The minimum absolute atomic E-state index is 0.243. The van der Waals surface area contributed by atoms with Crippen molar-refractivity contribution in [3.05, 3.63) is 71.2 Å². The fraction of sp³-hybridized carbons (Fsp3) is 0.308. The number of halogens is 1. The van der Waals surface area contributed by atoms with Crippen LogP contribution in [0.5, 0.6) is 11.5 Å². The summed E-state index contributed by atoms with van der Waals surface area (Å²) in [6.45, 7) is 5.43. The smallest absolute Gasteiger partial charge is 0.250 e. The number of nitrogens with two attached hydrogens (primary N) is 1. The van der Waals surface area contributed by atoms with Gasteiger partial charge in [-0.15, -0.1) is 0 Å². The van der Waals surface area contributed by atoms with Crippen LogP contribution in [0.15, 0.2) is 54.2 Å². The van der Waals surface area contributed by atoms with Crippen LogP contribution in [0.3, 0.4) is 0 Å². The number of likely N-dealkylation sites (tertiary alicyclic amines) is 1. The van der Waals surface area contributed by atoms with Gasteiger partial charge in [0.1, 0.15) is 12.2 Å². The molecule has 0 atom stereocenters. The molecule has 0 radical (unpaired) electrons. The Kier molecular flexibility index (Phi) is 7.07. The van der Waals surface area contributed by atoms with E-state index >= 15 is 0 Å². The number of nitrogens with one attached hydrogen (secondary N) is 1. The SMILES string of the molecule is C=C(Nc1cccc(F)c1)C1=C(N(N)C(=O)CC(=O)N2CCCC2)c2cc(OC)c(OC)cc2C1. The van der Waals surface area contributed by atoms with Gasteiger partial charge in [-0.2, -0.15) is 0 Å². The van der Waals surface area contributed by atoms with Gasteiger partial charge in [0.25, 0.3) is 5.91 Å². The number of hydrogen-bond acceptors (Lipinski definition) is 6. The molecule has 0 unspecified atom stereocenters. The van der Waals surface area contributed by atoms with E-state index < -0.39 is 11.7 Å². The fourth-order valence-electron chi connectivity index (χ4n) is 4.48. The molecule has 0 saturated carbocycles. The van der Waals surface area contributed by atoms with Crippen molar-refractivity contribution < 1.29 is 23.5 Å². The molecule has 1 fully saturated rings. The van der Waals surface area contributed by atoms with Crippen LogP contribution in [0.2, 0.25) is 0 Å². The van der Waals surface area contributed by atoms with Gasteiger partial charge in [-0.05, 0) is 48.7 Å². The van der Waals surface area contributed by atoms with Gasteiger partial charge in [0.15, 0.2) is 11.5 Å². The molecule has 2 aliphatic rings. The van der Waals surface area contributed by atoms with E-state index in [9.17, 15) is 14.0 Å². The van der Waals surface area contributed by atoms with Gasteiger partial charge < -0.3 is 19.7 Å². The van der Waals surface area contributed by atoms with Crippen molar-refractivity contribution in [1.29, 1.82) is 0 Å². The zero-order valence-electron chi connectivity index (χ0n) is 19.9. The Bertz CT molecular complexity index is 1200. The zero-order valence-corrected chi connectivity index (χ0v) is 19.9. The monoisotopic (exact) mass is 480 g/mol. The van der Waals surface area contributed by atoms with Crippen molar-refractivity contribution in [3.63, 3.8) is 0 Å². The van der Waals surface area contributed by atoms with E-state index in [-0.39, 0.29) is 12.3 Å². The molecule has 35 heavy (non-hydrogen) atoms. The summed E-state index contributed by atoms with van der Waals surface area (Å²) in [5, 5.41) is 4.12. The first-order chi connectivity index (χ1) is 16.8. The molecule has 0 spiro atoms. The van der Waals surface area contributed by atoms with Crippen molar-refractivity contribution in [2.75, 3.05) is 32.6 Å². The number of fused-ring (bicyclic) bond motifs is 1. The second kappa shape index (κ2) is 10.2. The van der Waals surface area contributed by atoms with E-state index in [1.165, 1.54) is 19.2 Å². The predicted octanol–water partition coefficient (Wildman–Crippen LogP) is 3.45. The number of carbonyl (C=O) groups excluding carboxylic acids is 2. The molecule has 184 valence electrons. The highest BCUT2D eigenvalue weighted by Gasteiger charge is 2.32. The summed E-state index contributed by atoms with van der Waals surface area (Å²) in [6.07, 6.45) is 1.93. The Morgan fingerprint density at radius 3 is 2.49 bits per heavy atom. The van der Waals surface area contributed by atoms with Crippen molar-refractivity contribution in [1.82, 2.24) is 9.91 Å². The molecule has 2 amide bonds.